The number of nitrogen functional groups attached to an aromatic ring is 1. The molecule has 3 N–H and O–H groups in total. The molecule has 0 saturated carbocycles. The Labute approximate surface area is 151 Å². The Morgan fingerprint density at radius 1 is 1.40 bits per heavy atom. The van der Waals surface area contributed by atoms with Crippen molar-refractivity contribution in [2.45, 2.75) is 13.0 Å². The summed E-state index contributed by atoms with van der Waals surface area (Å²) in [4.78, 5) is 14.5. The molecule has 1 atom stereocenters. The molecule has 25 heavy (non-hydrogen) atoms. The molecule has 6 nitrogen and oxygen atoms in total. The number of nitrogens with one attached hydrogen (secondary N) is 1. The molecule has 0 saturated heterocycles. The summed E-state index contributed by atoms with van der Waals surface area (Å²) in [5, 5.41) is 3.37. The van der Waals surface area contributed by atoms with Gasteiger partial charge in [-0.05, 0) is 43.3 Å². The summed E-state index contributed by atoms with van der Waals surface area (Å²) in [6, 6.07) is 10.5. The van der Waals surface area contributed by atoms with Crippen LogP contribution in [-0.2, 0) is 4.79 Å². The largest absolute Gasteiger partial charge is 0.495 e. The second-order valence-corrected chi connectivity index (χ2v) is 6.37. The fourth-order valence-electron chi connectivity index (χ4n) is 2.83. The highest BCUT2D eigenvalue weighted by atomic mass is 35.5. The maximum absolute atomic E-state index is 12.5. The maximum Gasteiger partial charge on any atom is 0.243 e. The minimum atomic E-state index is -0.178. The van der Waals surface area contributed by atoms with Crippen molar-refractivity contribution in [2.75, 3.05) is 36.1 Å². The number of hydrogen-bond donors (Lipinski definition) is 2. The lowest BCUT2D eigenvalue weighted by Crippen LogP contribution is -2.42. The zero-order chi connectivity index (χ0) is 18.0. The maximum atomic E-state index is 12.5. The smallest absolute Gasteiger partial charge is 0.243 e. The highest BCUT2D eigenvalue weighted by Gasteiger charge is 2.25. The number of nitrogens with zero attached hydrogens (tertiary/aromatic N) is 1. The third-order valence-electron chi connectivity index (χ3n) is 3.90. The Morgan fingerprint density at radius 3 is 2.96 bits per heavy atom. The lowest BCUT2D eigenvalue weighted by atomic mass is 10.1. The standard InChI is InChI=1S/C18H20ClN3O3/c1-11-9-22(15-8-13(20)4-6-17(15)25-11)10-18(23)21-14-7-12(19)3-5-16(14)24-2/h3-8,11H,9-10,20H2,1-2H3,(H,21,23). The van der Waals surface area contributed by atoms with Crippen LogP contribution in [0.15, 0.2) is 36.4 Å². The molecule has 0 radical (unpaired) electrons. The van der Waals surface area contributed by atoms with Crippen molar-refractivity contribution >= 4 is 34.6 Å². The van der Waals surface area contributed by atoms with Gasteiger partial charge >= 0.3 is 0 Å². The number of methoxy groups -OCH3 is 1. The van der Waals surface area contributed by atoms with Gasteiger partial charge in [-0.3, -0.25) is 4.79 Å². The van der Waals surface area contributed by atoms with Crippen LogP contribution in [0.1, 0.15) is 6.92 Å². The number of nitrogens with two attached hydrogens (primary N) is 1. The minimum Gasteiger partial charge on any atom is -0.495 e. The second-order valence-electron chi connectivity index (χ2n) is 5.93. The summed E-state index contributed by atoms with van der Waals surface area (Å²) in [5.41, 5.74) is 7.85. The Hall–Kier alpha value is -2.60. The number of amides is 1. The lowest BCUT2D eigenvalue weighted by Gasteiger charge is -2.34. The van der Waals surface area contributed by atoms with Crippen LogP contribution in [-0.4, -0.2) is 32.2 Å². The Bertz CT molecular complexity index is 797. The molecule has 1 heterocycles. The minimum absolute atomic E-state index is 0.0235. The zero-order valence-corrected chi connectivity index (χ0v) is 14.8. The van der Waals surface area contributed by atoms with Gasteiger partial charge in [0.25, 0.3) is 0 Å². The molecule has 132 valence electrons. The van der Waals surface area contributed by atoms with Crippen molar-refractivity contribution in [1.82, 2.24) is 0 Å². The molecule has 0 spiro atoms. The van der Waals surface area contributed by atoms with E-state index in [2.05, 4.69) is 5.32 Å². The quantitative estimate of drug-likeness (QED) is 0.818. The number of carbonyl (C=O) groups is 1. The molecule has 1 aliphatic heterocycles. The molecular weight excluding hydrogens is 342 g/mol. The van der Waals surface area contributed by atoms with E-state index in [1.54, 1.807) is 31.4 Å². The van der Waals surface area contributed by atoms with Crippen molar-refractivity contribution in [2.24, 2.45) is 0 Å². The summed E-state index contributed by atoms with van der Waals surface area (Å²) in [6.45, 7) is 2.72. The molecule has 0 fully saturated rings. The lowest BCUT2D eigenvalue weighted by molar-refractivity contribution is -0.115. The number of rotatable bonds is 4. The first kappa shape index (κ1) is 17.2. The summed E-state index contributed by atoms with van der Waals surface area (Å²) in [7, 11) is 1.54. The van der Waals surface area contributed by atoms with Crippen LogP contribution in [0, 0.1) is 0 Å². The van der Waals surface area contributed by atoms with Gasteiger partial charge in [0.05, 0.1) is 31.6 Å². The second kappa shape index (κ2) is 7.11. The van der Waals surface area contributed by atoms with Crippen molar-refractivity contribution in [3.63, 3.8) is 0 Å². The topological polar surface area (TPSA) is 76.8 Å². The Balaban J connectivity index is 1.78. The van der Waals surface area contributed by atoms with Gasteiger partial charge in [0.15, 0.2) is 0 Å². The number of carbonyl (C=O) groups excluding carboxylic acids is 1. The molecule has 2 aromatic carbocycles. The van der Waals surface area contributed by atoms with Crippen LogP contribution < -0.4 is 25.4 Å². The van der Waals surface area contributed by atoms with E-state index in [9.17, 15) is 4.79 Å². The van der Waals surface area contributed by atoms with E-state index in [1.807, 2.05) is 24.0 Å². The van der Waals surface area contributed by atoms with Crippen LogP contribution in [0.3, 0.4) is 0 Å². The van der Waals surface area contributed by atoms with E-state index in [4.69, 9.17) is 26.8 Å². The molecule has 0 bridgehead atoms. The van der Waals surface area contributed by atoms with Gasteiger partial charge in [0.1, 0.15) is 17.6 Å². The van der Waals surface area contributed by atoms with Crippen LogP contribution in [0.25, 0.3) is 0 Å². The molecule has 1 unspecified atom stereocenters. The third-order valence-corrected chi connectivity index (χ3v) is 4.13. The molecule has 0 aromatic heterocycles. The van der Waals surface area contributed by atoms with E-state index in [0.717, 1.165) is 11.4 Å². The number of anilines is 3. The highest BCUT2D eigenvalue weighted by molar-refractivity contribution is 6.31. The summed E-state index contributed by atoms with van der Waals surface area (Å²) in [6.07, 6.45) is -0.0235. The van der Waals surface area contributed by atoms with Gasteiger partial charge in [0, 0.05) is 10.7 Å². The molecule has 3 rings (SSSR count). The van der Waals surface area contributed by atoms with E-state index in [-0.39, 0.29) is 18.6 Å². The van der Waals surface area contributed by atoms with Gasteiger partial charge in [-0.2, -0.15) is 0 Å². The molecule has 0 aliphatic carbocycles. The van der Waals surface area contributed by atoms with E-state index >= 15 is 0 Å². The van der Waals surface area contributed by atoms with Crippen molar-refractivity contribution in [3.8, 4) is 11.5 Å². The Kier molecular flexibility index (Phi) is 4.90. The number of ether oxygens (including phenoxy) is 2. The molecule has 1 aliphatic rings. The van der Waals surface area contributed by atoms with Crippen LogP contribution in [0.2, 0.25) is 5.02 Å². The fraction of sp³-hybridized carbons (Fsp3) is 0.278. The van der Waals surface area contributed by atoms with Gasteiger partial charge in [-0.1, -0.05) is 11.6 Å². The first-order valence-electron chi connectivity index (χ1n) is 7.91. The predicted molar refractivity (Wildman–Crippen MR) is 99.8 cm³/mol. The normalized spacial score (nSPS) is 16.0. The van der Waals surface area contributed by atoms with Gasteiger partial charge in [0.2, 0.25) is 5.91 Å². The Morgan fingerprint density at radius 2 is 2.20 bits per heavy atom. The summed E-state index contributed by atoms with van der Waals surface area (Å²) in [5.74, 6) is 1.10. The van der Waals surface area contributed by atoms with E-state index < -0.39 is 0 Å². The molecular formula is C18H20ClN3O3. The fourth-order valence-corrected chi connectivity index (χ4v) is 3.01. The van der Waals surface area contributed by atoms with Crippen molar-refractivity contribution < 1.29 is 14.3 Å². The highest BCUT2D eigenvalue weighted by Crippen LogP contribution is 2.35. The van der Waals surface area contributed by atoms with Crippen LogP contribution in [0.5, 0.6) is 11.5 Å². The molecule has 1 amide bonds. The average molecular weight is 362 g/mol. The van der Waals surface area contributed by atoms with Crippen LogP contribution in [0.4, 0.5) is 17.1 Å². The zero-order valence-electron chi connectivity index (χ0n) is 14.1. The first-order chi connectivity index (χ1) is 12.0. The van der Waals surface area contributed by atoms with Gasteiger partial charge < -0.3 is 25.4 Å². The molecule has 7 heteroatoms. The summed E-state index contributed by atoms with van der Waals surface area (Å²) >= 11 is 6.00. The predicted octanol–water partition coefficient (Wildman–Crippen LogP) is 3.16. The summed E-state index contributed by atoms with van der Waals surface area (Å²) < 4.78 is 11.1. The van der Waals surface area contributed by atoms with E-state index in [1.165, 1.54) is 0 Å². The van der Waals surface area contributed by atoms with Crippen LogP contribution >= 0.6 is 11.6 Å². The number of benzene rings is 2. The molecule has 2 aromatic rings. The van der Waals surface area contributed by atoms with Crippen molar-refractivity contribution in [1.29, 1.82) is 0 Å². The van der Waals surface area contributed by atoms with Gasteiger partial charge in [-0.25, -0.2) is 0 Å². The first-order valence-corrected chi connectivity index (χ1v) is 8.28. The number of hydrogen-bond acceptors (Lipinski definition) is 5. The SMILES string of the molecule is COc1ccc(Cl)cc1NC(=O)CN1CC(C)Oc2ccc(N)cc21. The average Bonchev–Trinajstić information content (AvgIpc) is 2.55. The monoisotopic (exact) mass is 361 g/mol. The third kappa shape index (κ3) is 3.91. The number of fused-ring (bicyclic) bond motifs is 1. The van der Waals surface area contributed by atoms with Crippen molar-refractivity contribution in [3.05, 3.63) is 41.4 Å². The van der Waals surface area contributed by atoms with Gasteiger partial charge in [-0.15, -0.1) is 0 Å². The van der Waals surface area contributed by atoms with E-state index in [0.29, 0.717) is 28.7 Å². The number of halogens is 1.